The molecule has 86 valence electrons. The van der Waals surface area contributed by atoms with Crippen LogP contribution >= 0.6 is 0 Å². The molecule has 1 aromatic rings. The Hall–Kier alpha value is -1.35. The first-order valence-corrected chi connectivity index (χ1v) is 5.64. The zero-order chi connectivity index (χ0) is 11.4. The first kappa shape index (κ1) is 11.1. The van der Waals surface area contributed by atoms with Crippen LogP contribution in [0.4, 0.5) is 0 Å². The van der Waals surface area contributed by atoms with Gasteiger partial charge in [0, 0.05) is 11.8 Å². The summed E-state index contributed by atoms with van der Waals surface area (Å²) < 4.78 is 5.08. The quantitative estimate of drug-likeness (QED) is 0.790. The van der Waals surface area contributed by atoms with Crippen molar-refractivity contribution in [3.63, 3.8) is 0 Å². The molecule has 16 heavy (non-hydrogen) atoms. The molecule has 0 amide bonds. The SMILES string of the molecule is COc1cccc(C[C@@H]2CCC=C[C@@H]2O)n1. The fourth-order valence-corrected chi connectivity index (χ4v) is 2.05. The zero-order valence-corrected chi connectivity index (χ0v) is 9.47. The number of rotatable bonds is 3. The van der Waals surface area contributed by atoms with E-state index in [1.165, 1.54) is 0 Å². The molecular weight excluding hydrogens is 202 g/mol. The maximum absolute atomic E-state index is 9.81. The summed E-state index contributed by atoms with van der Waals surface area (Å²) >= 11 is 0. The highest BCUT2D eigenvalue weighted by molar-refractivity contribution is 5.16. The number of methoxy groups -OCH3 is 1. The predicted octanol–water partition coefficient (Wildman–Crippen LogP) is 1.96. The normalized spacial score (nSPS) is 24.4. The lowest BCUT2D eigenvalue weighted by Gasteiger charge is -2.23. The van der Waals surface area contributed by atoms with Gasteiger partial charge in [0.15, 0.2) is 0 Å². The van der Waals surface area contributed by atoms with Crippen LogP contribution in [-0.4, -0.2) is 23.3 Å². The van der Waals surface area contributed by atoms with Crippen LogP contribution in [0.15, 0.2) is 30.4 Å². The third-order valence-electron chi connectivity index (χ3n) is 2.98. The molecule has 0 radical (unpaired) electrons. The first-order chi connectivity index (χ1) is 7.79. The molecular formula is C13H17NO2. The van der Waals surface area contributed by atoms with E-state index in [0.717, 1.165) is 25.0 Å². The third-order valence-corrected chi connectivity index (χ3v) is 2.98. The number of nitrogens with zero attached hydrogens (tertiary/aromatic N) is 1. The molecule has 0 bridgehead atoms. The van der Waals surface area contributed by atoms with Gasteiger partial charge in [-0.1, -0.05) is 18.2 Å². The van der Waals surface area contributed by atoms with Crippen LogP contribution in [0.5, 0.6) is 5.88 Å². The van der Waals surface area contributed by atoms with E-state index in [4.69, 9.17) is 4.74 Å². The van der Waals surface area contributed by atoms with Gasteiger partial charge in [-0.15, -0.1) is 0 Å². The molecule has 0 fully saturated rings. The summed E-state index contributed by atoms with van der Waals surface area (Å²) in [6.45, 7) is 0. The van der Waals surface area contributed by atoms with Crippen LogP contribution in [-0.2, 0) is 6.42 Å². The zero-order valence-electron chi connectivity index (χ0n) is 9.47. The third kappa shape index (κ3) is 2.61. The molecule has 2 rings (SSSR count). The first-order valence-electron chi connectivity index (χ1n) is 5.64. The highest BCUT2D eigenvalue weighted by atomic mass is 16.5. The van der Waals surface area contributed by atoms with Gasteiger partial charge < -0.3 is 9.84 Å². The van der Waals surface area contributed by atoms with E-state index in [-0.39, 0.29) is 12.0 Å². The fourth-order valence-electron chi connectivity index (χ4n) is 2.05. The van der Waals surface area contributed by atoms with Gasteiger partial charge >= 0.3 is 0 Å². The lowest BCUT2D eigenvalue weighted by Crippen LogP contribution is -2.23. The largest absolute Gasteiger partial charge is 0.481 e. The van der Waals surface area contributed by atoms with Gasteiger partial charge in [0.05, 0.1) is 13.2 Å². The Morgan fingerprint density at radius 2 is 2.38 bits per heavy atom. The smallest absolute Gasteiger partial charge is 0.213 e. The molecule has 0 aliphatic heterocycles. The van der Waals surface area contributed by atoms with E-state index < -0.39 is 0 Å². The van der Waals surface area contributed by atoms with Crippen molar-refractivity contribution in [1.29, 1.82) is 0 Å². The van der Waals surface area contributed by atoms with Crippen LogP contribution in [0, 0.1) is 5.92 Å². The minimum Gasteiger partial charge on any atom is -0.481 e. The van der Waals surface area contributed by atoms with E-state index in [0.29, 0.717) is 5.88 Å². The molecule has 0 saturated carbocycles. The van der Waals surface area contributed by atoms with Crippen LogP contribution in [0.1, 0.15) is 18.5 Å². The van der Waals surface area contributed by atoms with Gasteiger partial charge in [0.1, 0.15) is 0 Å². The van der Waals surface area contributed by atoms with Crippen molar-refractivity contribution in [1.82, 2.24) is 4.98 Å². The van der Waals surface area contributed by atoms with Gasteiger partial charge in [-0.2, -0.15) is 0 Å². The minimum atomic E-state index is -0.332. The number of hydrogen-bond donors (Lipinski definition) is 1. The second-order valence-electron chi connectivity index (χ2n) is 4.13. The molecule has 1 heterocycles. The average molecular weight is 219 g/mol. The van der Waals surface area contributed by atoms with Gasteiger partial charge in [0.25, 0.3) is 0 Å². The molecule has 0 saturated heterocycles. The summed E-state index contributed by atoms with van der Waals surface area (Å²) in [6, 6.07) is 5.75. The Labute approximate surface area is 95.8 Å². The van der Waals surface area contributed by atoms with Crippen molar-refractivity contribution in [3.8, 4) is 5.88 Å². The Morgan fingerprint density at radius 1 is 1.50 bits per heavy atom. The van der Waals surface area contributed by atoms with Gasteiger partial charge in [0.2, 0.25) is 5.88 Å². The summed E-state index contributed by atoms with van der Waals surface area (Å²) in [5.74, 6) is 0.919. The van der Waals surface area contributed by atoms with Crippen molar-refractivity contribution < 1.29 is 9.84 Å². The summed E-state index contributed by atoms with van der Waals surface area (Å²) in [6.07, 6.45) is 6.47. The van der Waals surface area contributed by atoms with E-state index in [1.807, 2.05) is 30.4 Å². The Kier molecular flexibility index (Phi) is 3.57. The van der Waals surface area contributed by atoms with Crippen molar-refractivity contribution >= 4 is 0 Å². The molecule has 0 spiro atoms. The number of aliphatic hydroxyl groups excluding tert-OH is 1. The molecule has 3 nitrogen and oxygen atoms in total. The molecule has 0 aromatic carbocycles. The van der Waals surface area contributed by atoms with Crippen LogP contribution in [0.3, 0.4) is 0 Å². The minimum absolute atomic E-state index is 0.282. The average Bonchev–Trinajstić information content (AvgIpc) is 2.32. The van der Waals surface area contributed by atoms with Crippen LogP contribution < -0.4 is 4.74 Å². The standard InChI is InChI=1S/C13H17NO2/c1-16-13-8-4-6-11(14-13)9-10-5-2-3-7-12(10)15/h3-4,6-8,10,12,15H,2,5,9H2,1H3/t10-,12-/m0/s1. The molecule has 3 heteroatoms. The molecule has 2 atom stereocenters. The predicted molar refractivity (Wildman–Crippen MR) is 62.4 cm³/mol. The van der Waals surface area contributed by atoms with E-state index in [9.17, 15) is 5.11 Å². The topological polar surface area (TPSA) is 42.4 Å². The van der Waals surface area contributed by atoms with Gasteiger partial charge in [-0.25, -0.2) is 4.98 Å². The second-order valence-corrected chi connectivity index (χ2v) is 4.13. The summed E-state index contributed by atoms with van der Waals surface area (Å²) in [4.78, 5) is 4.36. The number of hydrogen-bond acceptors (Lipinski definition) is 3. The highest BCUT2D eigenvalue weighted by Crippen LogP contribution is 2.23. The molecule has 1 aromatic heterocycles. The maximum atomic E-state index is 9.81. The van der Waals surface area contributed by atoms with Gasteiger partial charge in [-0.05, 0) is 31.2 Å². The number of aliphatic hydroxyl groups is 1. The van der Waals surface area contributed by atoms with Crippen molar-refractivity contribution in [2.45, 2.75) is 25.4 Å². The molecule has 1 aliphatic carbocycles. The lowest BCUT2D eigenvalue weighted by atomic mass is 9.88. The number of ether oxygens (including phenoxy) is 1. The molecule has 0 unspecified atom stereocenters. The maximum Gasteiger partial charge on any atom is 0.213 e. The molecule has 1 N–H and O–H groups in total. The number of allylic oxidation sites excluding steroid dienone is 1. The van der Waals surface area contributed by atoms with Crippen molar-refractivity contribution in [3.05, 3.63) is 36.0 Å². The van der Waals surface area contributed by atoms with E-state index >= 15 is 0 Å². The van der Waals surface area contributed by atoms with Crippen molar-refractivity contribution in [2.24, 2.45) is 5.92 Å². The Bertz CT molecular complexity index is 376. The van der Waals surface area contributed by atoms with Crippen LogP contribution in [0.2, 0.25) is 0 Å². The Morgan fingerprint density at radius 3 is 3.12 bits per heavy atom. The second kappa shape index (κ2) is 5.12. The lowest BCUT2D eigenvalue weighted by molar-refractivity contribution is 0.139. The van der Waals surface area contributed by atoms with E-state index in [1.54, 1.807) is 7.11 Å². The summed E-state index contributed by atoms with van der Waals surface area (Å²) in [5, 5.41) is 9.81. The van der Waals surface area contributed by atoms with E-state index in [2.05, 4.69) is 4.98 Å². The number of aromatic nitrogens is 1. The van der Waals surface area contributed by atoms with Crippen LogP contribution in [0.25, 0.3) is 0 Å². The van der Waals surface area contributed by atoms with Crippen molar-refractivity contribution in [2.75, 3.05) is 7.11 Å². The monoisotopic (exact) mass is 219 g/mol. The summed E-state index contributed by atoms with van der Waals surface area (Å²) in [7, 11) is 1.62. The number of pyridine rings is 1. The molecule has 1 aliphatic rings. The fraction of sp³-hybridized carbons (Fsp3) is 0.462. The van der Waals surface area contributed by atoms with Gasteiger partial charge in [-0.3, -0.25) is 0 Å². The summed E-state index contributed by atoms with van der Waals surface area (Å²) in [5.41, 5.74) is 0.985. The highest BCUT2D eigenvalue weighted by Gasteiger charge is 2.20. The Balaban J connectivity index is 2.05.